The molecule has 25 heavy (non-hydrogen) atoms. The van der Waals surface area contributed by atoms with Crippen LogP contribution in [0.5, 0.6) is 0 Å². The summed E-state index contributed by atoms with van der Waals surface area (Å²) in [5.41, 5.74) is 1.32. The molecular weight excluding hydrogens is 334 g/mol. The van der Waals surface area contributed by atoms with Crippen LogP contribution in [0.15, 0.2) is 71.6 Å². The lowest BCUT2D eigenvalue weighted by Gasteiger charge is -2.15. The summed E-state index contributed by atoms with van der Waals surface area (Å²) in [6, 6.07) is 20.0. The number of amides is 1. The number of sulfone groups is 1. The summed E-state index contributed by atoms with van der Waals surface area (Å²) in [7, 11) is -3.34. The van der Waals surface area contributed by atoms with Gasteiger partial charge in [-0.05, 0) is 47.5 Å². The van der Waals surface area contributed by atoms with Crippen molar-refractivity contribution in [2.24, 2.45) is 0 Å². The second-order valence-corrected chi connectivity index (χ2v) is 8.12. The van der Waals surface area contributed by atoms with E-state index in [-0.39, 0.29) is 16.8 Å². The predicted molar refractivity (Wildman–Crippen MR) is 99.4 cm³/mol. The summed E-state index contributed by atoms with van der Waals surface area (Å²) in [4.78, 5) is 12.6. The Balaban J connectivity index is 1.82. The highest BCUT2D eigenvalue weighted by Crippen LogP contribution is 2.21. The number of carbonyl (C=O) groups excluding carboxylic acids is 1. The number of fused-ring (bicyclic) bond motifs is 1. The second-order valence-electron chi connectivity index (χ2n) is 6.10. The second kappa shape index (κ2) is 6.69. The Hall–Kier alpha value is -2.66. The molecule has 0 aromatic heterocycles. The van der Waals surface area contributed by atoms with Crippen LogP contribution in [0.25, 0.3) is 10.8 Å². The molecule has 0 spiro atoms. The van der Waals surface area contributed by atoms with Gasteiger partial charge in [0.2, 0.25) is 0 Å². The topological polar surface area (TPSA) is 63.2 Å². The fourth-order valence-corrected chi connectivity index (χ4v) is 3.38. The first-order chi connectivity index (χ1) is 11.8. The van der Waals surface area contributed by atoms with E-state index in [9.17, 15) is 13.2 Å². The third-order valence-corrected chi connectivity index (χ3v) is 5.26. The van der Waals surface area contributed by atoms with Gasteiger partial charge in [-0.1, -0.05) is 42.5 Å². The number of hydrogen-bond donors (Lipinski definition) is 1. The summed E-state index contributed by atoms with van der Waals surface area (Å²) in [6.07, 6.45) is 1.13. The monoisotopic (exact) mass is 353 g/mol. The first-order valence-corrected chi connectivity index (χ1v) is 9.83. The molecule has 4 nitrogen and oxygen atoms in total. The maximum atomic E-state index is 12.5. The Kier molecular flexibility index (Phi) is 4.59. The molecule has 3 aromatic rings. The van der Waals surface area contributed by atoms with Gasteiger partial charge < -0.3 is 5.32 Å². The van der Waals surface area contributed by atoms with Crippen molar-refractivity contribution in [3.63, 3.8) is 0 Å². The Morgan fingerprint density at radius 3 is 2.36 bits per heavy atom. The van der Waals surface area contributed by atoms with Crippen LogP contribution in [-0.2, 0) is 9.84 Å². The van der Waals surface area contributed by atoms with Gasteiger partial charge in [-0.2, -0.15) is 0 Å². The summed E-state index contributed by atoms with van der Waals surface area (Å²) < 4.78 is 23.3. The Morgan fingerprint density at radius 2 is 1.64 bits per heavy atom. The first-order valence-electron chi connectivity index (χ1n) is 7.94. The average molecular weight is 353 g/mol. The van der Waals surface area contributed by atoms with Crippen LogP contribution >= 0.6 is 0 Å². The van der Waals surface area contributed by atoms with E-state index in [2.05, 4.69) is 5.32 Å². The van der Waals surface area contributed by atoms with Crippen molar-refractivity contribution < 1.29 is 13.2 Å². The van der Waals surface area contributed by atoms with E-state index in [1.54, 1.807) is 12.1 Å². The van der Waals surface area contributed by atoms with Crippen molar-refractivity contribution in [1.82, 2.24) is 5.32 Å². The van der Waals surface area contributed by atoms with Crippen LogP contribution in [0, 0.1) is 0 Å². The minimum Gasteiger partial charge on any atom is -0.346 e. The maximum Gasteiger partial charge on any atom is 0.251 e. The smallest absolute Gasteiger partial charge is 0.251 e. The fourth-order valence-electron chi connectivity index (χ4n) is 2.71. The fraction of sp³-hybridized carbons (Fsp3) is 0.150. The molecular formula is C20H19NO3S. The van der Waals surface area contributed by atoms with Gasteiger partial charge in [0.25, 0.3) is 5.91 Å². The number of rotatable bonds is 4. The molecule has 0 bridgehead atoms. The van der Waals surface area contributed by atoms with E-state index in [1.807, 2.05) is 49.4 Å². The van der Waals surface area contributed by atoms with Crippen molar-refractivity contribution in [3.8, 4) is 0 Å². The molecule has 3 aromatic carbocycles. The molecule has 0 aliphatic carbocycles. The van der Waals surface area contributed by atoms with Gasteiger partial charge in [0.1, 0.15) is 0 Å². The van der Waals surface area contributed by atoms with Crippen molar-refractivity contribution in [2.75, 3.05) is 6.26 Å². The Morgan fingerprint density at radius 1 is 0.920 bits per heavy atom. The molecule has 0 fully saturated rings. The summed E-state index contributed by atoms with van der Waals surface area (Å²) in [6.45, 7) is 1.91. The predicted octanol–water partition coefficient (Wildman–Crippen LogP) is 3.73. The SMILES string of the molecule is CC(NC(=O)c1cccc(S(C)(=O)=O)c1)c1ccc2ccccc2c1. The minimum atomic E-state index is -3.34. The van der Waals surface area contributed by atoms with Crippen LogP contribution < -0.4 is 5.32 Å². The quantitative estimate of drug-likeness (QED) is 0.777. The standard InChI is InChI=1S/C20H19NO3S/c1-14(16-11-10-15-6-3-4-7-17(15)12-16)21-20(22)18-8-5-9-19(13-18)25(2,23)24/h3-14H,1-2H3,(H,21,22). The van der Waals surface area contributed by atoms with Crippen molar-refractivity contribution in [2.45, 2.75) is 17.9 Å². The molecule has 0 saturated carbocycles. The highest BCUT2D eigenvalue weighted by molar-refractivity contribution is 7.90. The zero-order chi connectivity index (χ0) is 18.0. The minimum absolute atomic E-state index is 0.138. The molecule has 1 unspecified atom stereocenters. The van der Waals surface area contributed by atoms with E-state index in [1.165, 1.54) is 12.1 Å². The van der Waals surface area contributed by atoms with Crippen LogP contribution in [0.2, 0.25) is 0 Å². The number of nitrogens with one attached hydrogen (secondary N) is 1. The number of hydrogen-bond acceptors (Lipinski definition) is 3. The number of carbonyl (C=O) groups is 1. The lowest BCUT2D eigenvalue weighted by molar-refractivity contribution is 0.0939. The third-order valence-electron chi connectivity index (χ3n) is 4.15. The van der Waals surface area contributed by atoms with Crippen LogP contribution in [0.3, 0.4) is 0 Å². The molecule has 0 aliphatic rings. The van der Waals surface area contributed by atoms with Gasteiger partial charge >= 0.3 is 0 Å². The van der Waals surface area contributed by atoms with E-state index in [0.29, 0.717) is 5.56 Å². The zero-order valence-electron chi connectivity index (χ0n) is 14.1. The highest BCUT2D eigenvalue weighted by atomic mass is 32.2. The lowest BCUT2D eigenvalue weighted by atomic mass is 10.0. The Bertz CT molecular complexity index is 1040. The largest absolute Gasteiger partial charge is 0.346 e. The third kappa shape index (κ3) is 3.88. The van der Waals surface area contributed by atoms with Gasteiger partial charge in [0.05, 0.1) is 10.9 Å². The maximum absolute atomic E-state index is 12.5. The first kappa shape index (κ1) is 17.2. The molecule has 1 N–H and O–H groups in total. The molecule has 0 aliphatic heterocycles. The van der Waals surface area contributed by atoms with Gasteiger partial charge in [0.15, 0.2) is 9.84 Å². The van der Waals surface area contributed by atoms with Crippen LogP contribution in [0.1, 0.15) is 28.9 Å². The molecule has 0 heterocycles. The lowest BCUT2D eigenvalue weighted by Crippen LogP contribution is -2.26. The average Bonchev–Trinajstić information content (AvgIpc) is 2.60. The molecule has 5 heteroatoms. The van der Waals surface area contributed by atoms with Crippen LogP contribution in [-0.4, -0.2) is 20.6 Å². The van der Waals surface area contributed by atoms with E-state index in [0.717, 1.165) is 22.6 Å². The van der Waals surface area contributed by atoms with Crippen molar-refractivity contribution >= 4 is 26.5 Å². The van der Waals surface area contributed by atoms with Gasteiger partial charge in [-0.3, -0.25) is 4.79 Å². The summed E-state index contributed by atoms with van der Waals surface area (Å²) >= 11 is 0. The number of benzene rings is 3. The van der Waals surface area contributed by atoms with E-state index in [4.69, 9.17) is 0 Å². The van der Waals surface area contributed by atoms with Gasteiger partial charge in [0, 0.05) is 11.8 Å². The molecule has 0 saturated heterocycles. The highest BCUT2D eigenvalue weighted by Gasteiger charge is 2.14. The molecule has 128 valence electrons. The zero-order valence-corrected chi connectivity index (χ0v) is 14.9. The van der Waals surface area contributed by atoms with Crippen LogP contribution in [0.4, 0.5) is 0 Å². The molecule has 3 rings (SSSR count). The van der Waals surface area contributed by atoms with Gasteiger partial charge in [-0.25, -0.2) is 8.42 Å². The summed E-state index contributed by atoms with van der Waals surface area (Å²) in [5.74, 6) is -0.300. The van der Waals surface area contributed by atoms with Gasteiger partial charge in [-0.15, -0.1) is 0 Å². The van der Waals surface area contributed by atoms with E-state index < -0.39 is 9.84 Å². The van der Waals surface area contributed by atoms with E-state index >= 15 is 0 Å². The van der Waals surface area contributed by atoms with Crippen molar-refractivity contribution in [1.29, 1.82) is 0 Å². The Labute approximate surface area is 147 Å². The normalized spacial score (nSPS) is 12.7. The molecule has 0 radical (unpaired) electrons. The molecule has 1 atom stereocenters. The summed E-state index contributed by atoms with van der Waals surface area (Å²) in [5, 5.41) is 5.18. The van der Waals surface area contributed by atoms with Crippen molar-refractivity contribution in [3.05, 3.63) is 77.9 Å². The molecule has 1 amide bonds.